The van der Waals surface area contributed by atoms with Crippen LogP contribution in [0.5, 0.6) is 0 Å². The highest BCUT2D eigenvalue weighted by Gasteiger charge is 2.32. The monoisotopic (exact) mass is 282 g/mol. The second-order valence-electron chi connectivity index (χ2n) is 6.94. The number of nitrogens with zero attached hydrogens (tertiary/aromatic N) is 1. The maximum atomic E-state index is 3.79. The summed E-state index contributed by atoms with van der Waals surface area (Å²) < 4.78 is 0. The van der Waals surface area contributed by atoms with E-state index in [2.05, 4.69) is 44.8 Å². The van der Waals surface area contributed by atoms with Crippen molar-refractivity contribution in [1.82, 2.24) is 10.2 Å². The van der Waals surface area contributed by atoms with Gasteiger partial charge < -0.3 is 10.2 Å². The average molecular weight is 283 g/mol. The van der Waals surface area contributed by atoms with Gasteiger partial charge in [-0.1, -0.05) is 34.1 Å². The van der Waals surface area contributed by atoms with E-state index >= 15 is 0 Å². The number of hydrogen-bond donors (Lipinski definition) is 1. The van der Waals surface area contributed by atoms with E-state index in [-0.39, 0.29) is 0 Å². The molecule has 0 spiro atoms. The van der Waals surface area contributed by atoms with Gasteiger partial charge in [-0.15, -0.1) is 0 Å². The summed E-state index contributed by atoms with van der Waals surface area (Å²) in [4.78, 5) is 2.76. The molecule has 1 unspecified atom stereocenters. The Hall–Kier alpha value is -0.0800. The maximum absolute atomic E-state index is 3.79. The SMILES string of the molecule is CCCCN(CC(CC)(CC)CNC1CC1)C(C)CC. The Bertz CT molecular complexity index is 244. The highest BCUT2D eigenvalue weighted by molar-refractivity contribution is 4.89. The van der Waals surface area contributed by atoms with Crippen molar-refractivity contribution in [3.05, 3.63) is 0 Å². The van der Waals surface area contributed by atoms with Crippen LogP contribution in [0, 0.1) is 5.41 Å². The zero-order chi connectivity index (χ0) is 15.0. The molecule has 2 heteroatoms. The summed E-state index contributed by atoms with van der Waals surface area (Å²) in [5.74, 6) is 0. The van der Waals surface area contributed by atoms with E-state index in [4.69, 9.17) is 0 Å². The third-order valence-corrected chi connectivity index (χ3v) is 5.39. The molecule has 120 valence electrons. The van der Waals surface area contributed by atoms with Gasteiger partial charge in [0.25, 0.3) is 0 Å². The van der Waals surface area contributed by atoms with Crippen molar-refractivity contribution in [1.29, 1.82) is 0 Å². The third-order valence-electron chi connectivity index (χ3n) is 5.39. The minimum absolute atomic E-state index is 0.472. The van der Waals surface area contributed by atoms with Crippen LogP contribution < -0.4 is 5.32 Å². The zero-order valence-corrected chi connectivity index (χ0v) is 14.7. The fourth-order valence-electron chi connectivity index (χ4n) is 2.93. The molecule has 0 saturated heterocycles. The normalized spacial score (nSPS) is 17.7. The zero-order valence-electron chi connectivity index (χ0n) is 14.7. The fraction of sp³-hybridized carbons (Fsp3) is 1.00. The number of nitrogens with one attached hydrogen (secondary N) is 1. The van der Waals surface area contributed by atoms with Gasteiger partial charge in [-0.05, 0) is 57.4 Å². The number of hydrogen-bond acceptors (Lipinski definition) is 2. The second-order valence-corrected chi connectivity index (χ2v) is 6.94. The van der Waals surface area contributed by atoms with Gasteiger partial charge in [0.15, 0.2) is 0 Å². The van der Waals surface area contributed by atoms with Crippen LogP contribution in [0.2, 0.25) is 0 Å². The minimum atomic E-state index is 0.472. The molecule has 0 radical (unpaired) electrons. The Morgan fingerprint density at radius 3 is 2.25 bits per heavy atom. The van der Waals surface area contributed by atoms with Crippen LogP contribution in [-0.4, -0.2) is 36.6 Å². The Morgan fingerprint density at radius 2 is 1.80 bits per heavy atom. The topological polar surface area (TPSA) is 15.3 Å². The first-order valence-electron chi connectivity index (χ1n) is 9.08. The Balaban J connectivity index is 2.60. The predicted molar refractivity (Wildman–Crippen MR) is 90.3 cm³/mol. The molecule has 0 aliphatic heterocycles. The van der Waals surface area contributed by atoms with Crippen molar-refractivity contribution >= 4 is 0 Å². The van der Waals surface area contributed by atoms with Crippen LogP contribution in [0.15, 0.2) is 0 Å². The summed E-state index contributed by atoms with van der Waals surface area (Å²) in [7, 11) is 0. The quantitative estimate of drug-likeness (QED) is 0.569. The number of unbranched alkanes of at least 4 members (excludes halogenated alkanes) is 1. The molecule has 0 aromatic rings. The molecule has 2 nitrogen and oxygen atoms in total. The smallest absolute Gasteiger partial charge is 0.00684 e. The van der Waals surface area contributed by atoms with Gasteiger partial charge in [0.05, 0.1) is 0 Å². The van der Waals surface area contributed by atoms with Gasteiger partial charge in [0, 0.05) is 25.2 Å². The van der Waals surface area contributed by atoms with Gasteiger partial charge in [-0.3, -0.25) is 0 Å². The van der Waals surface area contributed by atoms with E-state index < -0.39 is 0 Å². The summed E-state index contributed by atoms with van der Waals surface area (Å²) in [5.41, 5.74) is 0.472. The molecule has 0 heterocycles. The molecule has 1 fully saturated rings. The lowest BCUT2D eigenvalue weighted by atomic mass is 9.81. The first-order valence-corrected chi connectivity index (χ1v) is 9.08. The van der Waals surface area contributed by atoms with Crippen molar-refractivity contribution in [2.75, 3.05) is 19.6 Å². The molecule has 1 aliphatic rings. The molecule has 1 aliphatic carbocycles. The van der Waals surface area contributed by atoms with Gasteiger partial charge in [0.2, 0.25) is 0 Å². The predicted octanol–water partition coefficient (Wildman–Crippen LogP) is 4.45. The van der Waals surface area contributed by atoms with Crippen LogP contribution in [0.25, 0.3) is 0 Å². The Labute approximate surface area is 127 Å². The van der Waals surface area contributed by atoms with Crippen LogP contribution in [0.1, 0.15) is 79.6 Å². The second kappa shape index (κ2) is 9.04. The lowest BCUT2D eigenvalue weighted by Gasteiger charge is -2.40. The van der Waals surface area contributed by atoms with Crippen molar-refractivity contribution in [3.63, 3.8) is 0 Å². The first-order chi connectivity index (χ1) is 9.60. The molecule has 1 saturated carbocycles. The van der Waals surface area contributed by atoms with Crippen LogP contribution in [-0.2, 0) is 0 Å². The van der Waals surface area contributed by atoms with E-state index in [0.717, 1.165) is 12.1 Å². The molecule has 0 bridgehead atoms. The molecule has 1 atom stereocenters. The van der Waals surface area contributed by atoms with Crippen LogP contribution >= 0.6 is 0 Å². The van der Waals surface area contributed by atoms with Crippen LogP contribution in [0.4, 0.5) is 0 Å². The molecule has 0 aromatic heterocycles. The minimum Gasteiger partial charge on any atom is -0.313 e. The summed E-state index contributed by atoms with van der Waals surface area (Å²) in [5, 5.41) is 3.79. The molecular weight excluding hydrogens is 244 g/mol. The third kappa shape index (κ3) is 5.73. The molecule has 1 N–H and O–H groups in total. The standard InChI is InChI=1S/C18H38N2/c1-6-10-13-20(16(5)7-2)15-18(8-3,9-4)14-19-17-11-12-17/h16-17,19H,6-15H2,1-5H3. The molecule has 0 aromatic carbocycles. The average Bonchev–Trinajstić information content (AvgIpc) is 3.30. The van der Waals surface area contributed by atoms with E-state index in [9.17, 15) is 0 Å². The highest BCUT2D eigenvalue weighted by Crippen LogP contribution is 2.30. The van der Waals surface area contributed by atoms with E-state index in [1.54, 1.807) is 0 Å². The van der Waals surface area contributed by atoms with Crippen molar-refractivity contribution in [2.24, 2.45) is 5.41 Å². The Kier molecular flexibility index (Phi) is 8.13. The van der Waals surface area contributed by atoms with E-state index in [1.807, 2.05) is 0 Å². The summed E-state index contributed by atoms with van der Waals surface area (Å²) in [6.45, 7) is 15.6. The summed E-state index contributed by atoms with van der Waals surface area (Å²) >= 11 is 0. The molecule has 1 rings (SSSR count). The lowest BCUT2D eigenvalue weighted by Crippen LogP contribution is -2.47. The van der Waals surface area contributed by atoms with Crippen LogP contribution in [0.3, 0.4) is 0 Å². The fourth-order valence-corrected chi connectivity index (χ4v) is 2.93. The van der Waals surface area contributed by atoms with E-state index in [1.165, 1.54) is 64.6 Å². The molecule has 0 amide bonds. The Morgan fingerprint density at radius 1 is 1.15 bits per heavy atom. The highest BCUT2D eigenvalue weighted by atomic mass is 15.2. The van der Waals surface area contributed by atoms with Gasteiger partial charge >= 0.3 is 0 Å². The lowest BCUT2D eigenvalue weighted by molar-refractivity contribution is 0.0999. The largest absolute Gasteiger partial charge is 0.313 e. The van der Waals surface area contributed by atoms with Gasteiger partial charge in [0.1, 0.15) is 0 Å². The molecule has 20 heavy (non-hydrogen) atoms. The van der Waals surface area contributed by atoms with Crippen molar-refractivity contribution in [3.8, 4) is 0 Å². The first kappa shape index (κ1) is 18.0. The van der Waals surface area contributed by atoms with Gasteiger partial charge in [-0.25, -0.2) is 0 Å². The number of rotatable bonds is 12. The maximum Gasteiger partial charge on any atom is 0.00684 e. The summed E-state index contributed by atoms with van der Waals surface area (Å²) in [6, 6.07) is 1.56. The van der Waals surface area contributed by atoms with Gasteiger partial charge in [-0.2, -0.15) is 0 Å². The van der Waals surface area contributed by atoms with Crippen molar-refractivity contribution in [2.45, 2.75) is 91.6 Å². The molecular formula is C18H38N2. The van der Waals surface area contributed by atoms with Crippen molar-refractivity contribution < 1.29 is 0 Å². The van der Waals surface area contributed by atoms with E-state index in [0.29, 0.717) is 5.41 Å². The summed E-state index contributed by atoms with van der Waals surface area (Å²) in [6.07, 6.45) is 9.29.